The minimum Gasteiger partial charge on any atom is -0.328 e. The number of nitro benzene ring substituents is 2. The number of rotatable bonds is 17. The number of unbranched alkanes of at least 4 members (excludes halogenated alkanes) is 1. The van der Waals surface area contributed by atoms with Gasteiger partial charge in [-0.05, 0) is 35.4 Å². The zero-order valence-electron chi connectivity index (χ0n) is 29.8. The number of azo groups is 2. The zero-order valence-corrected chi connectivity index (χ0v) is 29.8. The molecule has 0 atom stereocenters. The van der Waals surface area contributed by atoms with E-state index in [9.17, 15) is 30.8 Å². The molecule has 14 heteroatoms. The second-order valence-corrected chi connectivity index (χ2v) is 13.8. The molecule has 4 aromatic carbocycles. The van der Waals surface area contributed by atoms with Crippen LogP contribution < -0.4 is 0 Å². The van der Waals surface area contributed by atoms with Crippen molar-refractivity contribution in [2.24, 2.45) is 20.5 Å². The molecule has 0 aliphatic rings. The lowest BCUT2D eigenvalue weighted by Crippen LogP contribution is -2.44. The summed E-state index contributed by atoms with van der Waals surface area (Å²) in [6.45, 7) is 3.81. The molecule has 0 aliphatic heterocycles. The Kier molecular flexibility index (Phi) is 13.1. The third-order valence-electron chi connectivity index (χ3n) is 8.89. The van der Waals surface area contributed by atoms with Crippen molar-refractivity contribution >= 4 is 34.1 Å². The van der Waals surface area contributed by atoms with Crippen molar-refractivity contribution in [2.45, 2.75) is 25.7 Å². The number of non-ortho nitro benzene ring substituents is 2. The first-order chi connectivity index (χ1) is 24.8. The molecule has 14 nitrogen and oxygen atoms in total. The molecule has 0 amide bonds. The molecule has 0 N–H and O–H groups in total. The smallest absolute Gasteiger partial charge is 0.270 e. The maximum Gasteiger partial charge on any atom is 0.270 e. The Morgan fingerprint density at radius 3 is 1.29 bits per heavy atom. The van der Waals surface area contributed by atoms with Crippen molar-refractivity contribution in [3.63, 3.8) is 0 Å². The first kappa shape index (κ1) is 38.6. The van der Waals surface area contributed by atoms with Gasteiger partial charge in [0.1, 0.15) is 23.5 Å². The fourth-order valence-corrected chi connectivity index (χ4v) is 5.63. The molecule has 0 heterocycles. The van der Waals surface area contributed by atoms with E-state index in [4.69, 9.17) is 0 Å². The summed E-state index contributed by atoms with van der Waals surface area (Å²) in [6.07, 6.45) is 3.70. The molecule has 0 saturated heterocycles. The van der Waals surface area contributed by atoms with Crippen molar-refractivity contribution in [2.75, 3.05) is 54.4 Å². The third-order valence-corrected chi connectivity index (χ3v) is 8.89. The van der Waals surface area contributed by atoms with Crippen LogP contribution in [0.2, 0.25) is 0 Å². The standard InChI is InChI=1S/C38H42N10O4/c1-47(2,23-19-29-11-5-7-13-35(29)41-43-37-17-15-33(45(49)50)25-31(37)27-39)21-9-10-22-48(3,4)24-20-30-12-6-8-14-36(30)42-44-38-18-16-34(46(51)52)26-32(38)28-40/h5-8,11-18,25-26H,9-10,19-24H2,1-4H3/q+2. The number of benzene rings is 4. The Labute approximate surface area is 303 Å². The number of quaternary nitrogens is 2. The lowest BCUT2D eigenvalue weighted by Gasteiger charge is -2.32. The molecule has 52 heavy (non-hydrogen) atoms. The summed E-state index contributed by atoms with van der Waals surface area (Å²) in [5.41, 5.74) is 3.89. The highest BCUT2D eigenvalue weighted by atomic mass is 16.6. The van der Waals surface area contributed by atoms with E-state index < -0.39 is 9.85 Å². The van der Waals surface area contributed by atoms with E-state index in [1.54, 1.807) is 0 Å². The predicted molar refractivity (Wildman–Crippen MR) is 197 cm³/mol. The van der Waals surface area contributed by atoms with E-state index in [2.05, 4.69) is 48.6 Å². The topological polar surface area (TPSA) is 183 Å². The molecule has 0 aliphatic carbocycles. The third kappa shape index (κ3) is 11.1. The van der Waals surface area contributed by atoms with Crippen LogP contribution in [0.1, 0.15) is 35.1 Å². The summed E-state index contributed by atoms with van der Waals surface area (Å²) in [7, 11) is 8.90. The fourth-order valence-electron chi connectivity index (χ4n) is 5.63. The SMILES string of the molecule is C[N+](C)(CCCC[N+](C)(C)CCc1ccccc1N=Nc1ccc([N+](=O)[O-])cc1C#N)CCc1ccccc1N=Nc1ccc([N+](=O)[O-])cc1C#N. The highest BCUT2D eigenvalue weighted by Crippen LogP contribution is 2.29. The molecule has 0 unspecified atom stereocenters. The molecular formula is C38H42N10O4+2. The maximum absolute atomic E-state index is 11.1. The zero-order chi connectivity index (χ0) is 37.7. The average Bonchev–Trinajstić information content (AvgIpc) is 3.13. The van der Waals surface area contributed by atoms with Crippen LogP contribution in [0, 0.1) is 42.9 Å². The molecule has 0 radical (unpaired) electrons. The van der Waals surface area contributed by atoms with Crippen LogP contribution in [0.5, 0.6) is 0 Å². The maximum atomic E-state index is 11.1. The van der Waals surface area contributed by atoms with Gasteiger partial charge in [-0.2, -0.15) is 20.8 Å². The average molecular weight is 703 g/mol. The van der Waals surface area contributed by atoms with E-state index in [1.165, 1.54) is 36.4 Å². The highest BCUT2D eigenvalue weighted by molar-refractivity contribution is 5.59. The number of nitrogens with zero attached hydrogens (tertiary/aromatic N) is 10. The number of hydrogen-bond donors (Lipinski definition) is 0. The van der Waals surface area contributed by atoms with Crippen LogP contribution in [-0.4, -0.2) is 73.2 Å². The Hall–Kier alpha value is -6.22. The molecule has 266 valence electrons. The quantitative estimate of drug-likeness (QED) is 0.0348. The normalized spacial score (nSPS) is 11.8. The van der Waals surface area contributed by atoms with Crippen molar-refractivity contribution in [3.05, 3.63) is 127 Å². The van der Waals surface area contributed by atoms with Crippen LogP contribution in [0.15, 0.2) is 105 Å². The van der Waals surface area contributed by atoms with Gasteiger partial charge in [0, 0.05) is 49.9 Å². The first-order valence-electron chi connectivity index (χ1n) is 16.8. The van der Waals surface area contributed by atoms with Gasteiger partial charge in [0.05, 0.1) is 86.7 Å². The van der Waals surface area contributed by atoms with Gasteiger partial charge in [0.2, 0.25) is 0 Å². The Morgan fingerprint density at radius 1 is 0.558 bits per heavy atom. The molecular weight excluding hydrogens is 660 g/mol. The van der Waals surface area contributed by atoms with Crippen molar-refractivity contribution in [1.29, 1.82) is 10.5 Å². The molecule has 0 bridgehead atoms. The summed E-state index contributed by atoms with van der Waals surface area (Å²) in [5.74, 6) is 0. The van der Waals surface area contributed by atoms with E-state index in [1.807, 2.05) is 60.7 Å². The van der Waals surface area contributed by atoms with E-state index >= 15 is 0 Å². The van der Waals surface area contributed by atoms with Gasteiger partial charge in [-0.3, -0.25) is 20.2 Å². The van der Waals surface area contributed by atoms with E-state index in [0.29, 0.717) is 11.4 Å². The van der Waals surface area contributed by atoms with Gasteiger partial charge < -0.3 is 8.97 Å². The Balaban J connectivity index is 1.28. The van der Waals surface area contributed by atoms with Crippen molar-refractivity contribution < 1.29 is 18.8 Å². The van der Waals surface area contributed by atoms with Gasteiger partial charge in [0.25, 0.3) is 11.4 Å². The van der Waals surface area contributed by atoms with Gasteiger partial charge >= 0.3 is 0 Å². The summed E-state index contributed by atoms with van der Waals surface area (Å²) in [5, 5.41) is 58.3. The molecule has 0 saturated carbocycles. The van der Waals surface area contributed by atoms with Crippen molar-refractivity contribution in [1.82, 2.24) is 0 Å². The lowest BCUT2D eigenvalue weighted by atomic mass is 10.1. The largest absolute Gasteiger partial charge is 0.328 e. The monoisotopic (exact) mass is 702 g/mol. The van der Waals surface area contributed by atoms with E-state index in [0.717, 1.165) is 72.0 Å². The minimum absolute atomic E-state index is 0.0964. The number of nitro groups is 2. The van der Waals surface area contributed by atoms with Gasteiger partial charge in [-0.25, -0.2) is 0 Å². The summed E-state index contributed by atoms with van der Waals surface area (Å²) in [6, 6.07) is 27.3. The van der Waals surface area contributed by atoms with Crippen LogP contribution in [-0.2, 0) is 12.8 Å². The second-order valence-electron chi connectivity index (χ2n) is 13.8. The second kappa shape index (κ2) is 17.6. The highest BCUT2D eigenvalue weighted by Gasteiger charge is 2.20. The molecule has 0 aromatic heterocycles. The molecule has 0 fully saturated rings. The number of nitriles is 2. The first-order valence-corrected chi connectivity index (χ1v) is 16.8. The van der Waals surface area contributed by atoms with Crippen LogP contribution in [0.3, 0.4) is 0 Å². The summed E-state index contributed by atoms with van der Waals surface area (Å²) in [4.78, 5) is 21.1. The fraction of sp³-hybridized carbons (Fsp3) is 0.316. The van der Waals surface area contributed by atoms with Gasteiger partial charge in [0.15, 0.2) is 0 Å². The summed E-state index contributed by atoms with van der Waals surface area (Å²) < 4.78 is 1.67. The van der Waals surface area contributed by atoms with Crippen LogP contribution in [0.4, 0.5) is 34.1 Å². The molecule has 0 spiro atoms. The van der Waals surface area contributed by atoms with Crippen LogP contribution in [0.25, 0.3) is 0 Å². The van der Waals surface area contributed by atoms with Crippen LogP contribution >= 0.6 is 0 Å². The lowest BCUT2D eigenvalue weighted by molar-refractivity contribution is -0.896. The molecule has 4 aromatic rings. The predicted octanol–water partition coefficient (Wildman–Crippen LogP) is 8.80. The van der Waals surface area contributed by atoms with Gasteiger partial charge in [-0.1, -0.05) is 36.4 Å². The number of hydrogen-bond acceptors (Lipinski definition) is 10. The Bertz CT molecular complexity index is 1910. The molecule has 4 rings (SSSR count). The Morgan fingerprint density at radius 2 is 0.923 bits per heavy atom. The summed E-state index contributed by atoms with van der Waals surface area (Å²) >= 11 is 0. The minimum atomic E-state index is -0.544. The number of likely N-dealkylation sites (N-methyl/N-ethyl adjacent to an activating group) is 2. The van der Waals surface area contributed by atoms with E-state index in [-0.39, 0.29) is 33.9 Å². The van der Waals surface area contributed by atoms with Crippen molar-refractivity contribution in [3.8, 4) is 12.1 Å². The van der Waals surface area contributed by atoms with Gasteiger partial charge in [-0.15, -0.1) is 10.2 Å².